The molecule has 11 heteroatoms. The van der Waals surface area contributed by atoms with Crippen molar-refractivity contribution in [2.45, 2.75) is 37.2 Å². The van der Waals surface area contributed by atoms with E-state index in [0.717, 1.165) is 30.3 Å². The summed E-state index contributed by atoms with van der Waals surface area (Å²) < 4.78 is 27.9. The van der Waals surface area contributed by atoms with Gasteiger partial charge >= 0.3 is 5.69 Å². The Labute approximate surface area is 167 Å². The molecule has 7 nitrogen and oxygen atoms in total. The summed E-state index contributed by atoms with van der Waals surface area (Å²) in [6.07, 6.45) is 0.763. The zero-order valence-electron chi connectivity index (χ0n) is 15.0. The number of aromatic nitrogens is 4. The van der Waals surface area contributed by atoms with E-state index in [0.29, 0.717) is 28.1 Å². The third-order valence-corrected chi connectivity index (χ3v) is 5.62. The number of nitrogens with zero attached hydrogens (tertiary/aromatic N) is 3. The number of anilines is 1. The van der Waals surface area contributed by atoms with Crippen LogP contribution in [-0.4, -0.2) is 30.9 Å². The Bertz CT molecular complexity index is 1050. The number of carbonyl (C=O) groups excluding carboxylic acids is 1. The molecule has 0 fully saturated rings. The van der Waals surface area contributed by atoms with Gasteiger partial charge in [-0.15, -0.1) is 16.4 Å². The summed E-state index contributed by atoms with van der Waals surface area (Å²) in [5, 5.41) is 10.9. The fourth-order valence-electron chi connectivity index (χ4n) is 2.35. The number of amides is 1. The van der Waals surface area contributed by atoms with E-state index in [1.807, 2.05) is 6.92 Å². The fraction of sp³-hybridized carbons (Fsp3) is 0.294. The molecule has 0 aliphatic rings. The van der Waals surface area contributed by atoms with Crippen molar-refractivity contribution in [2.24, 2.45) is 0 Å². The summed E-state index contributed by atoms with van der Waals surface area (Å²) in [5.41, 5.74) is 0.537. The molecular weight excluding hydrogens is 408 g/mol. The Morgan fingerprint density at radius 1 is 1.39 bits per heavy atom. The van der Waals surface area contributed by atoms with E-state index < -0.39 is 16.9 Å². The van der Waals surface area contributed by atoms with Crippen molar-refractivity contribution in [3.8, 4) is 11.3 Å². The van der Waals surface area contributed by atoms with Crippen LogP contribution in [-0.2, 0) is 11.3 Å². The Morgan fingerprint density at radius 2 is 2.18 bits per heavy atom. The number of nitrogens with one attached hydrogen (secondary N) is 2. The molecule has 2 aromatic heterocycles. The van der Waals surface area contributed by atoms with Crippen molar-refractivity contribution in [3.63, 3.8) is 0 Å². The van der Waals surface area contributed by atoms with E-state index in [1.54, 1.807) is 12.3 Å². The van der Waals surface area contributed by atoms with Crippen LogP contribution in [0.2, 0.25) is 0 Å². The van der Waals surface area contributed by atoms with Crippen LogP contribution in [0, 0.1) is 11.6 Å². The highest BCUT2D eigenvalue weighted by molar-refractivity contribution is 8.00. The molecule has 148 valence electrons. The van der Waals surface area contributed by atoms with Crippen molar-refractivity contribution in [1.29, 1.82) is 0 Å². The molecule has 0 aliphatic carbocycles. The van der Waals surface area contributed by atoms with Crippen molar-refractivity contribution in [1.82, 2.24) is 19.7 Å². The molecule has 28 heavy (non-hydrogen) atoms. The van der Waals surface area contributed by atoms with Crippen LogP contribution < -0.4 is 11.0 Å². The first-order valence-corrected chi connectivity index (χ1v) is 10.2. The first-order chi connectivity index (χ1) is 13.4. The lowest BCUT2D eigenvalue weighted by molar-refractivity contribution is -0.115. The normalized spacial score (nSPS) is 12.1. The molecule has 0 saturated carbocycles. The monoisotopic (exact) mass is 425 g/mol. The van der Waals surface area contributed by atoms with Gasteiger partial charge in [0.05, 0.1) is 10.9 Å². The SMILES string of the molecule is CCCn1c(S[C@H](C)C(=O)Nc2nc(-c3ccc(F)c(F)c3)cs2)n[nH]c1=O. The predicted octanol–water partition coefficient (Wildman–Crippen LogP) is 3.50. The molecule has 1 aromatic carbocycles. The number of hydrogen-bond acceptors (Lipinski definition) is 6. The average Bonchev–Trinajstić information content (AvgIpc) is 3.26. The molecule has 0 radical (unpaired) electrons. The maximum Gasteiger partial charge on any atom is 0.343 e. The number of thiazole rings is 1. The molecule has 1 atom stereocenters. The highest BCUT2D eigenvalue weighted by Gasteiger charge is 2.20. The molecular formula is C17H17F2N5O2S2. The zero-order chi connectivity index (χ0) is 20.3. The van der Waals surface area contributed by atoms with Crippen LogP contribution in [0.5, 0.6) is 0 Å². The maximum atomic E-state index is 13.4. The minimum atomic E-state index is -0.960. The lowest BCUT2D eigenvalue weighted by Gasteiger charge is -2.10. The minimum Gasteiger partial charge on any atom is -0.301 e. The number of benzene rings is 1. The van der Waals surface area contributed by atoms with Gasteiger partial charge in [-0.2, -0.15) is 0 Å². The number of rotatable bonds is 7. The van der Waals surface area contributed by atoms with Crippen molar-refractivity contribution in [2.75, 3.05) is 5.32 Å². The van der Waals surface area contributed by atoms with Crippen LogP contribution in [0.1, 0.15) is 20.3 Å². The summed E-state index contributed by atoms with van der Waals surface area (Å²) in [4.78, 5) is 28.4. The van der Waals surface area contributed by atoms with Gasteiger partial charge in [0.25, 0.3) is 0 Å². The Hall–Kier alpha value is -2.53. The quantitative estimate of drug-likeness (QED) is 0.565. The number of halogens is 2. The topological polar surface area (TPSA) is 92.7 Å². The van der Waals surface area contributed by atoms with Gasteiger partial charge in [-0.3, -0.25) is 9.36 Å². The summed E-state index contributed by atoms with van der Waals surface area (Å²) >= 11 is 2.34. The number of aromatic amines is 1. The maximum absolute atomic E-state index is 13.4. The smallest absolute Gasteiger partial charge is 0.301 e. The molecule has 0 unspecified atom stereocenters. The number of hydrogen-bond donors (Lipinski definition) is 2. The van der Waals surface area contributed by atoms with Crippen LogP contribution in [0.15, 0.2) is 33.5 Å². The van der Waals surface area contributed by atoms with Gasteiger partial charge in [0.1, 0.15) is 0 Å². The average molecular weight is 425 g/mol. The van der Waals surface area contributed by atoms with Crippen molar-refractivity contribution >= 4 is 34.1 Å². The zero-order valence-corrected chi connectivity index (χ0v) is 16.7. The Morgan fingerprint density at radius 3 is 2.89 bits per heavy atom. The standard InChI is InChI=1S/C17H17F2N5O2S2/c1-3-6-24-16(26)22-23-17(24)28-9(2)14(25)21-15-20-13(8-27-15)10-4-5-11(18)12(19)7-10/h4-5,7-9H,3,6H2,1-2H3,(H,22,26)(H,20,21,25)/t9-/m1/s1. The molecule has 2 heterocycles. The van der Waals surface area contributed by atoms with Crippen LogP contribution in [0.25, 0.3) is 11.3 Å². The molecule has 3 rings (SSSR count). The summed E-state index contributed by atoms with van der Waals surface area (Å²) in [7, 11) is 0. The van der Waals surface area contributed by atoms with Crippen molar-refractivity contribution in [3.05, 3.63) is 45.7 Å². The highest BCUT2D eigenvalue weighted by Crippen LogP contribution is 2.27. The molecule has 3 aromatic rings. The second-order valence-corrected chi connectivity index (χ2v) is 8.05. The second kappa shape index (κ2) is 8.65. The summed E-state index contributed by atoms with van der Waals surface area (Å²) in [6, 6.07) is 3.50. The van der Waals surface area contributed by atoms with E-state index in [2.05, 4.69) is 20.5 Å². The van der Waals surface area contributed by atoms with Gasteiger partial charge in [0.15, 0.2) is 21.9 Å². The Kier molecular flexibility index (Phi) is 6.25. The summed E-state index contributed by atoms with van der Waals surface area (Å²) in [5.74, 6) is -2.20. The highest BCUT2D eigenvalue weighted by atomic mass is 32.2. The third kappa shape index (κ3) is 4.47. The molecule has 2 N–H and O–H groups in total. The molecule has 0 spiro atoms. The number of thioether (sulfide) groups is 1. The lowest BCUT2D eigenvalue weighted by atomic mass is 10.2. The fourth-order valence-corrected chi connectivity index (χ4v) is 3.96. The lowest BCUT2D eigenvalue weighted by Crippen LogP contribution is -2.24. The number of H-pyrrole nitrogens is 1. The van der Waals surface area contributed by atoms with Crippen molar-refractivity contribution < 1.29 is 13.6 Å². The Balaban J connectivity index is 1.67. The predicted molar refractivity (Wildman–Crippen MR) is 105 cm³/mol. The molecule has 0 aliphatic heterocycles. The first-order valence-electron chi connectivity index (χ1n) is 8.42. The third-order valence-electron chi connectivity index (χ3n) is 3.77. The summed E-state index contributed by atoms with van der Waals surface area (Å²) in [6.45, 7) is 4.15. The van der Waals surface area contributed by atoms with Gasteiger partial charge in [-0.05, 0) is 31.5 Å². The van der Waals surface area contributed by atoms with E-state index in [-0.39, 0.29) is 11.6 Å². The largest absolute Gasteiger partial charge is 0.343 e. The minimum absolute atomic E-state index is 0.310. The van der Waals surface area contributed by atoms with Crippen LogP contribution >= 0.6 is 23.1 Å². The van der Waals surface area contributed by atoms with E-state index in [9.17, 15) is 18.4 Å². The molecule has 0 bridgehead atoms. The second-order valence-electron chi connectivity index (χ2n) is 5.88. The van der Waals surface area contributed by atoms with Gasteiger partial charge in [-0.1, -0.05) is 18.7 Å². The first kappa shape index (κ1) is 20.2. The van der Waals surface area contributed by atoms with Gasteiger partial charge < -0.3 is 5.32 Å². The molecule has 1 amide bonds. The van der Waals surface area contributed by atoms with Gasteiger partial charge in [-0.25, -0.2) is 23.7 Å². The van der Waals surface area contributed by atoms with E-state index in [4.69, 9.17) is 0 Å². The van der Waals surface area contributed by atoms with Crippen LogP contribution in [0.3, 0.4) is 0 Å². The molecule has 0 saturated heterocycles. The van der Waals surface area contributed by atoms with Gasteiger partial charge in [0.2, 0.25) is 5.91 Å². The van der Waals surface area contributed by atoms with Gasteiger partial charge in [0, 0.05) is 17.5 Å². The van der Waals surface area contributed by atoms with E-state index >= 15 is 0 Å². The van der Waals surface area contributed by atoms with Crippen LogP contribution in [0.4, 0.5) is 13.9 Å². The van der Waals surface area contributed by atoms with E-state index in [1.165, 1.54) is 22.0 Å². The number of carbonyl (C=O) groups is 1.